The van der Waals surface area contributed by atoms with E-state index in [2.05, 4.69) is 33.0 Å². The molecule has 1 aliphatic heterocycles. The van der Waals surface area contributed by atoms with Gasteiger partial charge >= 0.3 is 0 Å². The van der Waals surface area contributed by atoms with Crippen LogP contribution < -0.4 is 5.32 Å². The topological polar surface area (TPSA) is 46.2 Å². The van der Waals surface area contributed by atoms with Crippen molar-refractivity contribution in [3.8, 4) is 0 Å². The Hall–Kier alpha value is -0.860. The third-order valence-electron chi connectivity index (χ3n) is 4.86. The zero-order valence-corrected chi connectivity index (χ0v) is 9.78. The van der Waals surface area contributed by atoms with Crippen LogP contribution in [0.1, 0.15) is 27.7 Å². The second kappa shape index (κ2) is 3.32. The van der Waals surface area contributed by atoms with Crippen LogP contribution in [0, 0.1) is 35.5 Å². The van der Waals surface area contributed by atoms with E-state index in [1.165, 1.54) is 0 Å². The van der Waals surface area contributed by atoms with Gasteiger partial charge in [-0.3, -0.25) is 14.9 Å². The molecule has 2 aliphatic rings. The highest BCUT2D eigenvalue weighted by Gasteiger charge is 2.53. The minimum Gasteiger partial charge on any atom is -0.296 e. The number of hydrogen-bond donors (Lipinski definition) is 1. The lowest BCUT2D eigenvalue weighted by Gasteiger charge is -2.42. The van der Waals surface area contributed by atoms with E-state index in [0.717, 1.165) is 0 Å². The molecule has 1 aliphatic carbocycles. The summed E-state index contributed by atoms with van der Waals surface area (Å²) in [7, 11) is 0. The molecule has 0 aromatic heterocycles. The summed E-state index contributed by atoms with van der Waals surface area (Å²) in [4.78, 5) is 23.4. The van der Waals surface area contributed by atoms with Crippen LogP contribution in [0.25, 0.3) is 0 Å². The summed E-state index contributed by atoms with van der Waals surface area (Å²) in [6.45, 7) is 8.59. The van der Waals surface area contributed by atoms with Crippen molar-refractivity contribution >= 4 is 11.8 Å². The Labute approximate surface area is 90.6 Å². The zero-order chi connectivity index (χ0) is 11.3. The van der Waals surface area contributed by atoms with Gasteiger partial charge in [0.05, 0.1) is 11.8 Å². The van der Waals surface area contributed by atoms with E-state index < -0.39 is 0 Å². The molecule has 1 saturated carbocycles. The van der Waals surface area contributed by atoms with E-state index in [1.54, 1.807) is 0 Å². The molecular formula is C12H19NO2. The van der Waals surface area contributed by atoms with Crippen LogP contribution in [0.15, 0.2) is 0 Å². The fourth-order valence-corrected chi connectivity index (χ4v) is 3.36. The minimum absolute atomic E-state index is 0.0527. The molecule has 15 heavy (non-hydrogen) atoms. The van der Waals surface area contributed by atoms with Gasteiger partial charge in [-0.25, -0.2) is 0 Å². The van der Waals surface area contributed by atoms with Gasteiger partial charge in [0.2, 0.25) is 11.8 Å². The molecular weight excluding hydrogens is 190 g/mol. The van der Waals surface area contributed by atoms with Gasteiger partial charge in [-0.05, 0) is 23.7 Å². The molecule has 0 radical (unpaired) electrons. The SMILES string of the molecule is CC1C(C)C(C)C2C(=O)NC(=O)C2C1C. The van der Waals surface area contributed by atoms with Gasteiger partial charge in [0.1, 0.15) is 0 Å². The van der Waals surface area contributed by atoms with Crippen LogP contribution in [-0.2, 0) is 9.59 Å². The summed E-state index contributed by atoms with van der Waals surface area (Å²) in [5.74, 6) is 1.37. The molecule has 3 nitrogen and oxygen atoms in total. The molecule has 0 spiro atoms. The predicted molar refractivity (Wildman–Crippen MR) is 56.8 cm³/mol. The molecule has 1 heterocycles. The van der Waals surface area contributed by atoms with Crippen molar-refractivity contribution in [1.82, 2.24) is 5.32 Å². The van der Waals surface area contributed by atoms with Gasteiger partial charge in [-0.15, -0.1) is 0 Å². The summed E-state index contributed by atoms with van der Waals surface area (Å²) < 4.78 is 0. The smallest absolute Gasteiger partial charge is 0.230 e. The average Bonchev–Trinajstić information content (AvgIpc) is 2.47. The lowest BCUT2D eigenvalue weighted by molar-refractivity contribution is -0.129. The first-order chi connectivity index (χ1) is 6.95. The molecule has 3 heteroatoms. The number of hydrogen-bond acceptors (Lipinski definition) is 2. The number of carbonyl (C=O) groups is 2. The maximum atomic E-state index is 11.7. The Bertz CT molecular complexity index is 283. The number of nitrogens with one attached hydrogen (secondary N) is 1. The van der Waals surface area contributed by atoms with Crippen LogP contribution in [0.5, 0.6) is 0 Å². The van der Waals surface area contributed by atoms with Crippen LogP contribution >= 0.6 is 0 Å². The molecule has 2 rings (SSSR count). The highest BCUT2D eigenvalue weighted by molar-refractivity contribution is 6.05. The molecule has 1 saturated heterocycles. The van der Waals surface area contributed by atoms with Crippen LogP contribution in [0.2, 0.25) is 0 Å². The number of imide groups is 1. The highest BCUT2D eigenvalue weighted by atomic mass is 16.2. The van der Waals surface area contributed by atoms with Crippen LogP contribution in [-0.4, -0.2) is 11.8 Å². The lowest BCUT2D eigenvalue weighted by Crippen LogP contribution is -2.43. The van der Waals surface area contributed by atoms with E-state index in [-0.39, 0.29) is 23.7 Å². The fraction of sp³-hybridized carbons (Fsp3) is 0.833. The van der Waals surface area contributed by atoms with E-state index in [1.807, 2.05) is 0 Å². The second-order valence-corrected chi connectivity index (χ2v) is 5.34. The monoisotopic (exact) mass is 209 g/mol. The summed E-state index contributed by atoms with van der Waals surface area (Å²) in [6, 6.07) is 0. The molecule has 1 N–H and O–H groups in total. The highest BCUT2D eigenvalue weighted by Crippen LogP contribution is 2.47. The zero-order valence-electron chi connectivity index (χ0n) is 9.78. The van der Waals surface area contributed by atoms with Crippen molar-refractivity contribution < 1.29 is 9.59 Å². The Kier molecular flexibility index (Phi) is 2.36. The van der Waals surface area contributed by atoms with E-state index in [4.69, 9.17) is 0 Å². The largest absolute Gasteiger partial charge is 0.296 e. The van der Waals surface area contributed by atoms with Crippen molar-refractivity contribution in [3.63, 3.8) is 0 Å². The summed E-state index contributed by atoms with van der Waals surface area (Å²) in [5.41, 5.74) is 0. The van der Waals surface area contributed by atoms with Crippen molar-refractivity contribution in [1.29, 1.82) is 0 Å². The fourth-order valence-electron chi connectivity index (χ4n) is 3.36. The Morgan fingerprint density at radius 2 is 1.07 bits per heavy atom. The number of amides is 2. The van der Waals surface area contributed by atoms with Gasteiger partial charge in [0.25, 0.3) is 0 Å². The molecule has 0 aromatic carbocycles. The van der Waals surface area contributed by atoms with Crippen molar-refractivity contribution in [3.05, 3.63) is 0 Å². The summed E-state index contributed by atoms with van der Waals surface area (Å²) in [5, 5.41) is 2.48. The van der Waals surface area contributed by atoms with Crippen molar-refractivity contribution in [2.75, 3.05) is 0 Å². The molecule has 84 valence electrons. The first-order valence-electron chi connectivity index (χ1n) is 5.79. The molecule has 6 unspecified atom stereocenters. The van der Waals surface area contributed by atoms with Crippen LogP contribution in [0.4, 0.5) is 0 Å². The lowest BCUT2D eigenvalue weighted by atomic mass is 9.59. The van der Waals surface area contributed by atoms with Crippen molar-refractivity contribution in [2.45, 2.75) is 27.7 Å². The standard InChI is InChI=1S/C12H19NO2/c1-5-6(2)8(4)10-9(7(5)3)11(14)13-12(10)15/h5-10H,1-4H3,(H,13,14,15). The van der Waals surface area contributed by atoms with Gasteiger partial charge in [-0.1, -0.05) is 27.7 Å². The second-order valence-electron chi connectivity index (χ2n) is 5.34. The average molecular weight is 209 g/mol. The normalized spacial score (nSPS) is 50.1. The molecule has 0 aromatic rings. The number of rotatable bonds is 0. The van der Waals surface area contributed by atoms with Crippen LogP contribution in [0.3, 0.4) is 0 Å². The summed E-state index contributed by atoms with van der Waals surface area (Å²) in [6.07, 6.45) is 0. The number of carbonyl (C=O) groups excluding carboxylic acids is 2. The van der Waals surface area contributed by atoms with E-state index in [9.17, 15) is 9.59 Å². The minimum atomic E-state index is -0.0845. The van der Waals surface area contributed by atoms with E-state index >= 15 is 0 Å². The van der Waals surface area contributed by atoms with Gasteiger partial charge in [0.15, 0.2) is 0 Å². The third kappa shape index (κ3) is 1.32. The quantitative estimate of drug-likeness (QED) is 0.613. The maximum Gasteiger partial charge on any atom is 0.230 e. The van der Waals surface area contributed by atoms with Gasteiger partial charge < -0.3 is 0 Å². The Morgan fingerprint density at radius 3 is 1.40 bits per heavy atom. The third-order valence-corrected chi connectivity index (χ3v) is 4.86. The number of fused-ring (bicyclic) bond motifs is 1. The molecule has 2 fully saturated rings. The first kappa shape index (κ1) is 10.7. The van der Waals surface area contributed by atoms with Gasteiger partial charge in [-0.2, -0.15) is 0 Å². The molecule has 6 atom stereocenters. The molecule has 0 bridgehead atoms. The predicted octanol–water partition coefficient (Wildman–Crippen LogP) is 1.43. The van der Waals surface area contributed by atoms with E-state index in [0.29, 0.717) is 23.7 Å². The van der Waals surface area contributed by atoms with Crippen molar-refractivity contribution in [2.24, 2.45) is 35.5 Å². The summed E-state index contributed by atoms with van der Waals surface area (Å²) >= 11 is 0. The first-order valence-corrected chi connectivity index (χ1v) is 5.79. The Morgan fingerprint density at radius 1 is 0.733 bits per heavy atom. The molecule has 2 amide bonds. The maximum absolute atomic E-state index is 11.7. The van der Waals surface area contributed by atoms with Gasteiger partial charge in [0, 0.05) is 0 Å². The Balaban J connectivity index is 2.36.